The molecule has 1 aromatic heterocycles. The molecule has 3 rings (SSSR count). The highest BCUT2D eigenvalue weighted by atomic mass is 35.5. The quantitative estimate of drug-likeness (QED) is 0.865. The fourth-order valence-electron chi connectivity index (χ4n) is 2.75. The van der Waals surface area contributed by atoms with Crippen LogP contribution in [0, 0.1) is 6.92 Å². The maximum atomic E-state index is 6.21. The third-order valence-corrected chi connectivity index (χ3v) is 4.53. The molecule has 2 aromatic rings. The summed E-state index contributed by atoms with van der Waals surface area (Å²) >= 11 is 6.21. The van der Waals surface area contributed by atoms with E-state index in [4.69, 9.17) is 22.1 Å². The Labute approximate surface area is 147 Å². The molecule has 0 saturated carbocycles. The number of anilines is 2. The summed E-state index contributed by atoms with van der Waals surface area (Å²) in [6.45, 7) is 7.27. The maximum absolute atomic E-state index is 6.21. The van der Waals surface area contributed by atoms with E-state index < -0.39 is 0 Å². The van der Waals surface area contributed by atoms with Crippen LogP contribution in [0.5, 0.6) is 0 Å². The van der Waals surface area contributed by atoms with Gasteiger partial charge in [0.15, 0.2) is 0 Å². The first-order chi connectivity index (χ1) is 11.6. The number of rotatable bonds is 5. The van der Waals surface area contributed by atoms with Gasteiger partial charge >= 0.3 is 0 Å². The van der Waals surface area contributed by atoms with Crippen molar-refractivity contribution in [3.63, 3.8) is 0 Å². The van der Waals surface area contributed by atoms with E-state index in [1.807, 2.05) is 31.2 Å². The van der Waals surface area contributed by atoms with Crippen LogP contribution < -0.4 is 11.1 Å². The predicted octanol–water partition coefficient (Wildman–Crippen LogP) is 2.43. The van der Waals surface area contributed by atoms with E-state index in [1.165, 1.54) is 0 Å². The molecule has 1 saturated heterocycles. The van der Waals surface area contributed by atoms with E-state index in [1.54, 1.807) is 0 Å². The molecule has 2 heterocycles. The Balaban J connectivity index is 1.70. The second-order valence-electron chi connectivity index (χ2n) is 5.79. The average Bonchev–Trinajstić information content (AvgIpc) is 2.58. The van der Waals surface area contributed by atoms with Crippen molar-refractivity contribution in [1.29, 1.82) is 0 Å². The topological polar surface area (TPSA) is 76.3 Å². The molecule has 0 aliphatic carbocycles. The number of halogens is 1. The molecule has 0 bridgehead atoms. The summed E-state index contributed by atoms with van der Waals surface area (Å²) in [6.07, 6.45) is 0. The standard InChI is InChI=1S/C17H22ClN5O/c1-12-13(3-2-4-14(12)18)15-11-16(22-17(19)21-15)20-5-6-23-7-9-24-10-8-23/h2-4,11H,5-10H2,1H3,(H3,19,20,21,22). The SMILES string of the molecule is Cc1c(Cl)cccc1-c1cc(NCCN2CCOCC2)nc(N)n1. The van der Waals surface area contributed by atoms with Gasteiger partial charge in [0.2, 0.25) is 5.95 Å². The van der Waals surface area contributed by atoms with Gasteiger partial charge in [-0.25, -0.2) is 4.98 Å². The number of nitrogen functional groups attached to an aromatic ring is 1. The van der Waals surface area contributed by atoms with Crippen molar-refractivity contribution in [2.24, 2.45) is 0 Å². The first-order valence-electron chi connectivity index (χ1n) is 8.07. The lowest BCUT2D eigenvalue weighted by molar-refractivity contribution is 0.0398. The maximum Gasteiger partial charge on any atom is 0.222 e. The Morgan fingerprint density at radius 2 is 2.08 bits per heavy atom. The third kappa shape index (κ3) is 4.14. The first-order valence-corrected chi connectivity index (χ1v) is 8.45. The molecule has 1 aliphatic rings. The van der Waals surface area contributed by atoms with Crippen molar-refractivity contribution in [3.8, 4) is 11.3 Å². The summed E-state index contributed by atoms with van der Waals surface area (Å²) in [5, 5.41) is 4.04. The first kappa shape index (κ1) is 17.0. The van der Waals surface area contributed by atoms with Gasteiger partial charge in [-0.3, -0.25) is 4.90 Å². The van der Waals surface area contributed by atoms with Gasteiger partial charge in [0.05, 0.1) is 18.9 Å². The van der Waals surface area contributed by atoms with Crippen LogP contribution >= 0.6 is 11.6 Å². The number of hydrogen-bond donors (Lipinski definition) is 2. The van der Waals surface area contributed by atoms with E-state index in [2.05, 4.69) is 20.2 Å². The zero-order valence-corrected chi connectivity index (χ0v) is 14.5. The van der Waals surface area contributed by atoms with E-state index in [-0.39, 0.29) is 5.95 Å². The molecule has 3 N–H and O–H groups in total. The minimum absolute atomic E-state index is 0.251. The second kappa shape index (κ2) is 7.79. The molecule has 1 fully saturated rings. The molecule has 0 radical (unpaired) electrons. The Bertz CT molecular complexity index is 703. The molecule has 0 unspecified atom stereocenters. The monoisotopic (exact) mass is 347 g/mol. The van der Waals surface area contributed by atoms with Crippen LogP contribution in [-0.2, 0) is 4.74 Å². The molecule has 6 nitrogen and oxygen atoms in total. The fraction of sp³-hybridized carbons (Fsp3) is 0.412. The predicted molar refractivity (Wildman–Crippen MR) is 97.4 cm³/mol. The van der Waals surface area contributed by atoms with Crippen LogP contribution in [0.15, 0.2) is 24.3 Å². The molecular weight excluding hydrogens is 326 g/mol. The summed E-state index contributed by atoms with van der Waals surface area (Å²) in [5.41, 5.74) is 8.60. The average molecular weight is 348 g/mol. The van der Waals surface area contributed by atoms with Crippen molar-refractivity contribution in [1.82, 2.24) is 14.9 Å². The number of hydrogen-bond acceptors (Lipinski definition) is 6. The largest absolute Gasteiger partial charge is 0.379 e. The van der Waals surface area contributed by atoms with Crippen LogP contribution in [0.25, 0.3) is 11.3 Å². The molecule has 0 spiro atoms. The molecule has 24 heavy (non-hydrogen) atoms. The lowest BCUT2D eigenvalue weighted by Crippen LogP contribution is -2.39. The van der Waals surface area contributed by atoms with E-state index in [0.29, 0.717) is 5.02 Å². The highest BCUT2D eigenvalue weighted by Crippen LogP contribution is 2.28. The van der Waals surface area contributed by atoms with Gasteiger partial charge in [-0.2, -0.15) is 4.98 Å². The van der Waals surface area contributed by atoms with Crippen LogP contribution in [0.3, 0.4) is 0 Å². The highest BCUT2D eigenvalue weighted by Gasteiger charge is 2.11. The van der Waals surface area contributed by atoms with Gasteiger partial charge in [0.1, 0.15) is 5.82 Å². The number of ether oxygens (including phenoxy) is 1. The van der Waals surface area contributed by atoms with Gasteiger partial charge in [-0.05, 0) is 18.6 Å². The summed E-state index contributed by atoms with van der Waals surface area (Å²) < 4.78 is 5.36. The second-order valence-corrected chi connectivity index (χ2v) is 6.20. The van der Waals surface area contributed by atoms with Crippen molar-refractivity contribution in [2.45, 2.75) is 6.92 Å². The van der Waals surface area contributed by atoms with Gasteiger partial charge in [0.25, 0.3) is 0 Å². The minimum Gasteiger partial charge on any atom is -0.379 e. The van der Waals surface area contributed by atoms with Gasteiger partial charge < -0.3 is 15.8 Å². The molecule has 1 aromatic carbocycles. The zero-order valence-electron chi connectivity index (χ0n) is 13.8. The van der Waals surface area contributed by atoms with Crippen molar-refractivity contribution >= 4 is 23.4 Å². The Morgan fingerprint density at radius 1 is 1.29 bits per heavy atom. The van der Waals surface area contributed by atoms with Crippen LogP contribution in [0.2, 0.25) is 5.02 Å². The van der Waals surface area contributed by atoms with Crippen molar-refractivity contribution in [2.75, 3.05) is 50.4 Å². The molecule has 7 heteroatoms. The van der Waals surface area contributed by atoms with Crippen molar-refractivity contribution < 1.29 is 4.74 Å². The Hall–Kier alpha value is -1.89. The molecule has 128 valence electrons. The number of nitrogens with zero attached hydrogens (tertiary/aromatic N) is 3. The van der Waals surface area contributed by atoms with E-state index in [0.717, 1.165) is 62.0 Å². The third-order valence-electron chi connectivity index (χ3n) is 4.12. The lowest BCUT2D eigenvalue weighted by Gasteiger charge is -2.26. The number of morpholine rings is 1. The zero-order chi connectivity index (χ0) is 16.9. The summed E-state index contributed by atoms with van der Waals surface area (Å²) in [6, 6.07) is 7.68. The van der Waals surface area contributed by atoms with E-state index in [9.17, 15) is 0 Å². The number of nitrogens with one attached hydrogen (secondary N) is 1. The summed E-state index contributed by atoms with van der Waals surface area (Å²) in [4.78, 5) is 11.0. The van der Waals surface area contributed by atoms with Crippen LogP contribution in [0.4, 0.5) is 11.8 Å². The van der Waals surface area contributed by atoms with Crippen LogP contribution in [0.1, 0.15) is 5.56 Å². The lowest BCUT2D eigenvalue weighted by atomic mass is 10.1. The van der Waals surface area contributed by atoms with Gasteiger partial charge in [0, 0.05) is 42.8 Å². The number of benzene rings is 1. The number of nitrogens with two attached hydrogens (primary N) is 1. The van der Waals surface area contributed by atoms with Gasteiger partial charge in [-0.15, -0.1) is 0 Å². The van der Waals surface area contributed by atoms with Crippen LogP contribution in [-0.4, -0.2) is 54.3 Å². The van der Waals surface area contributed by atoms with E-state index >= 15 is 0 Å². The molecule has 0 atom stereocenters. The highest BCUT2D eigenvalue weighted by molar-refractivity contribution is 6.31. The Morgan fingerprint density at radius 3 is 2.88 bits per heavy atom. The number of aromatic nitrogens is 2. The Kier molecular flexibility index (Phi) is 5.50. The summed E-state index contributed by atoms with van der Waals surface area (Å²) in [7, 11) is 0. The summed E-state index contributed by atoms with van der Waals surface area (Å²) in [5.74, 6) is 0.978. The fourth-order valence-corrected chi connectivity index (χ4v) is 2.92. The molecule has 0 amide bonds. The molecule has 1 aliphatic heterocycles. The van der Waals surface area contributed by atoms with Gasteiger partial charge in [-0.1, -0.05) is 23.7 Å². The van der Waals surface area contributed by atoms with Crippen molar-refractivity contribution in [3.05, 3.63) is 34.9 Å². The molecular formula is C17H22ClN5O. The normalized spacial score (nSPS) is 15.4. The smallest absolute Gasteiger partial charge is 0.222 e. The minimum atomic E-state index is 0.251.